The predicted octanol–water partition coefficient (Wildman–Crippen LogP) is 3.05. The maximum atomic E-state index is 11.6. The third-order valence-corrected chi connectivity index (χ3v) is 2.59. The SMILES string of the molecule is C=Cc1ccccc1C(C)OC(=O)/C=C\C(=O)OCC. The Kier molecular flexibility index (Phi) is 6.23. The molecule has 20 heavy (non-hydrogen) atoms. The Bertz CT molecular complexity index is 517. The first kappa shape index (κ1) is 15.7. The van der Waals surface area contributed by atoms with Crippen molar-refractivity contribution < 1.29 is 19.1 Å². The van der Waals surface area contributed by atoms with Gasteiger partial charge in [-0.25, -0.2) is 9.59 Å². The average molecular weight is 274 g/mol. The van der Waals surface area contributed by atoms with E-state index in [2.05, 4.69) is 11.3 Å². The fourth-order valence-corrected chi connectivity index (χ4v) is 1.67. The van der Waals surface area contributed by atoms with Crippen LogP contribution < -0.4 is 0 Å². The molecule has 0 aliphatic rings. The van der Waals surface area contributed by atoms with Crippen molar-refractivity contribution in [3.8, 4) is 0 Å². The van der Waals surface area contributed by atoms with Gasteiger partial charge in [0.2, 0.25) is 0 Å². The predicted molar refractivity (Wildman–Crippen MR) is 76.8 cm³/mol. The van der Waals surface area contributed by atoms with Gasteiger partial charge in [-0.05, 0) is 25.0 Å². The second-order valence-corrected chi connectivity index (χ2v) is 4.00. The Balaban J connectivity index is 2.66. The van der Waals surface area contributed by atoms with E-state index >= 15 is 0 Å². The van der Waals surface area contributed by atoms with Gasteiger partial charge in [0.1, 0.15) is 6.10 Å². The molecule has 0 aliphatic carbocycles. The zero-order valence-corrected chi connectivity index (χ0v) is 11.7. The maximum Gasteiger partial charge on any atom is 0.331 e. The van der Waals surface area contributed by atoms with Crippen LogP contribution in [0.4, 0.5) is 0 Å². The summed E-state index contributed by atoms with van der Waals surface area (Å²) in [6.07, 6.45) is 3.39. The summed E-state index contributed by atoms with van der Waals surface area (Å²) >= 11 is 0. The van der Waals surface area contributed by atoms with Crippen molar-refractivity contribution in [2.75, 3.05) is 6.61 Å². The van der Waals surface area contributed by atoms with Crippen LogP contribution in [0.5, 0.6) is 0 Å². The molecule has 1 unspecified atom stereocenters. The minimum Gasteiger partial charge on any atom is -0.463 e. The molecule has 1 rings (SSSR count). The molecule has 0 fully saturated rings. The number of hydrogen-bond donors (Lipinski definition) is 0. The molecule has 106 valence electrons. The topological polar surface area (TPSA) is 52.6 Å². The molecule has 1 aromatic carbocycles. The lowest BCUT2D eigenvalue weighted by Gasteiger charge is -2.14. The molecule has 0 bridgehead atoms. The maximum absolute atomic E-state index is 11.6. The van der Waals surface area contributed by atoms with Crippen molar-refractivity contribution in [3.05, 3.63) is 54.1 Å². The van der Waals surface area contributed by atoms with E-state index in [1.807, 2.05) is 24.3 Å². The van der Waals surface area contributed by atoms with Crippen LogP contribution in [0.2, 0.25) is 0 Å². The van der Waals surface area contributed by atoms with Crippen molar-refractivity contribution in [2.24, 2.45) is 0 Å². The number of hydrogen-bond acceptors (Lipinski definition) is 4. The lowest BCUT2D eigenvalue weighted by Crippen LogP contribution is -2.08. The summed E-state index contributed by atoms with van der Waals surface area (Å²) in [5, 5.41) is 0. The molecule has 0 radical (unpaired) electrons. The molecule has 0 amide bonds. The normalized spacial score (nSPS) is 11.9. The van der Waals surface area contributed by atoms with E-state index in [1.165, 1.54) is 0 Å². The first-order chi connectivity index (χ1) is 9.58. The van der Waals surface area contributed by atoms with E-state index in [0.717, 1.165) is 23.3 Å². The standard InChI is InChI=1S/C16H18O4/c1-4-13-8-6-7-9-14(13)12(3)20-16(18)11-10-15(17)19-5-2/h4,6-12H,1,5H2,2-3H3/b11-10-. The highest BCUT2D eigenvalue weighted by Crippen LogP contribution is 2.22. The van der Waals surface area contributed by atoms with Gasteiger partial charge in [-0.15, -0.1) is 0 Å². The first-order valence-electron chi connectivity index (χ1n) is 6.35. The number of carbonyl (C=O) groups excluding carboxylic acids is 2. The first-order valence-corrected chi connectivity index (χ1v) is 6.35. The van der Waals surface area contributed by atoms with Crippen LogP contribution in [0, 0.1) is 0 Å². The molecule has 4 nitrogen and oxygen atoms in total. The lowest BCUT2D eigenvalue weighted by molar-refractivity contribution is -0.143. The number of rotatable bonds is 6. The largest absolute Gasteiger partial charge is 0.463 e. The number of esters is 2. The lowest BCUT2D eigenvalue weighted by atomic mass is 10.0. The number of ether oxygens (including phenoxy) is 2. The minimum atomic E-state index is -0.593. The van der Waals surface area contributed by atoms with Gasteiger partial charge in [0.25, 0.3) is 0 Å². The molecule has 0 saturated carbocycles. The molecule has 0 aliphatic heterocycles. The second-order valence-electron chi connectivity index (χ2n) is 4.00. The van der Waals surface area contributed by atoms with Crippen molar-refractivity contribution in [1.82, 2.24) is 0 Å². The van der Waals surface area contributed by atoms with E-state index in [0.29, 0.717) is 0 Å². The van der Waals surface area contributed by atoms with E-state index in [1.54, 1.807) is 19.9 Å². The third kappa shape index (κ3) is 4.72. The zero-order valence-electron chi connectivity index (χ0n) is 11.7. The van der Waals surface area contributed by atoms with Crippen molar-refractivity contribution in [2.45, 2.75) is 20.0 Å². The molecule has 0 saturated heterocycles. The van der Waals surface area contributed by atoms with Gasteiger partial charge in [0, 0.05) is 12.2 Å². The van der Waals surface area contributed by atoms with Gasteiger partial charge in [-0.2, -0.15) is 0 Å². The van der Waals surface area contributed by atoms with Crippen LogP contribution in [0.25, 0.3) is 6.08 Å². The molecule has 0 spiro atoms. The smallest absolute Gasteiger partial charge is 0.331 e. The summed E-state index contributed by atoms with van der Waals surface area (Å²) in [5.74, 6) is -1.16. The Morgan fingerprint density at radius 2 is 1.90 bits per heavy atom. The van der Waals surface area contributed by atoms with Crippen molar-refractivity contribution in [3.63, 3.8) is 0 Å². The summed E-state index contributed by atoms with van der Waals surface area (Å²) in [5.41, 5.74) is 1.77. The van der Waals surface area contributed by atoms with Crippen LogP contribution in [0.1, 0.15) is 31.1 Å². The van der Waals surface area contributed by atoms with Gasteiger partial charge < -0.3 is 9.47 Å². The van der Waals surface area contributed by atoms with E-state index in [9.17, 15) is 9.59 Å². The van der Waals surface area contributed by atoms with Gasteiger partial charge in [-0.1, -0.05) is 36.9 Å². The van der Waals surface area contributed by atoms with Crippen LogP contribution in [0.3, 0.4) is 0 Å². The summed E-state index contributed by atoms with van der Waals surface area (Å²) in [6, 6.07) is 7.50. The molecule has 1 atom stereocenters. The molecule has 0 aromatic heterocycles. The van der Waals surface area contributed by atoms with E-state index in [-0.39, 0.29) is 6.61 Å². The van der Waals surface area contributed by atoms with Crippen LogP contribution in [0.15, 0.2) is 43.0 Å². The Morgan fingerprint density at radius 3 is 2.55 bits per heavy atom. The molecular formula is C16H18O4. The summed E-state index contributed by atoms with van der Waals surface area (Å²) in [7, 11) is 0. The highest BCUT2D eigenvalue weighted by Gasteiger charge is 2.12. The summed E-state index contributed by atoms with van der Waals surface area (Å²) < 4.78 is 9.90. The van der Waals surface area contributed by atoms with E-state index in [4.69, 9.17) is 4.74 Å². The molecule has 0 heterocycles. The minimum absolute atomic E-state index is 0.265. The fourth-order valence-electron chi connectivity index (χ4n) is 1.67. The Hall–Kier alpha value is -2.36. The second kappa shape index (κ2) is 7.94. The van der Waals surface area contributed by atoms with Gasteiger partial charge in [-0.3, -0.25) is 0 Å². The van der Waals surface area contributed by atoms with Gasteiger partial charge in [0.05, 0.1) is 6.61 Å². The van der Waals surface area contributed by atoms with Crippen LogP contribution >= 0.6 is 0 Å². The fraction of sp³-hybridized carbons (Fsp3) is 0.250. The highest BCUT2D eigenvalue weighted by atomic mass is 16.5. The molecule has 4 heteroatoms. The van der Waals surface area contributed by atoms with E-state index < -0.39 is 18.0 Å². The van der Waals surface area contributed by atoms with Crippen molar-refractivity contribution in [1.29, 1.82) is 0 Å². The molecular weight excluding hydrogens is 256 g/mol. The number of benzene rings is 1. The highest BCUT2D eigenvalue weighted by molar-refractivity contribution is 5.91. The zero-order chi connectivity index (χ0) is 15.0. The average Bonchev–Trinajstić information content (AvgIpc) is 2.45. The monoisotopic (exact) mass is 274 g/mol. The van der Waals surface area contributed by atoms with Gasteiger partial charge >= 0.3 is 11.9 Å². The molecule has 0 N–H and O–H groups in total. The Labute approximate surface area is 118 Å². The van der Waals surface area contributed by atoms with Crippen LogP contribution in [-0.4, -0.2) is 18.5 Å². The molecule has 1 aromatic rings. The summed E-state index contributed by atoms with van der Waals surface area (Å²) in [6.45, 7) is 7.44. The van der Waals surface area contributed by atoms with Crippen molar-refractivity contribution >= 4 is 18.0 Å². The number of carbonyl (C=O) groups is 2. The Morgan fingerprint density at radius 1 is 1.25 bits per heavy atom. The van der Waals surface area contributed by atoms with Gasteiger partial charge in [0.15, 0.2) is 0 Å². The van der Waals surface area contributed by atoms with Crippen LogP contribution in [-0.2, 0) is 19.1 Å². The third-order valence-electron chi connectivity index (χ3n) is 2.59. The summed E-state index contributed by atoms with van der Waals surface area (Å²) in [4.78, 5) is 22.7. The quantitative estimate of drug-likeness (QED) is 0.591.